The first-order valence-electron chi connectivity index (χ1n) is 12.4. The summed E-state index contributed by atoms with van der Waals surface area (Å²) in [7, 11) is -0.549. The van der Waals surface area contributed by atoms with E-state index in [4.69, 9.17) is 9.72 Å². The molecule has 0 amide bonds. The fraction of sp³-hybridized carbons (Fsp3) is 0.480. The maximum Gasteiger partial charge on any atom is 0.231 e. The fourth-order valence-corrected chi connectivity index (χ4v) is 7.53. The molecular formula is C25H31N7O2P+. The lowest BCUT2D eigenvalue weighted by molar-refractivity contribution is 0.282. The largest absolute Gasteiger partial charge is 0.494 e. The van der Waals surface area contributed by atoms with Crippen molar-refractivity contribution in [3.05, 3.63) is 30.0 Å². The number of nitriles is 1. The van der Waals surface area contributed by atoms with Crippen molar-refractivity contribution >= 4 is 41.3 Å². The lowest BCUT2D eigenvalue weighted by Crippen LogP contribution is -2.40. The molecule has 1 aliphatic heterocycles. The molecule has 9 nitrogen and oxygen atoms in total. The zero-order valence-corrected chi connectivity index (χ0v) is 20.8. The van der Waals surface area contributed by atoms with Crippen molar-refractivity contribution in [2.45, 2.75) is 31.7 Å². The zero-order valence-electron chi connectivity index (χ0n) is 19.9. The molecular weight excluding hydrogens is 461 g/mol. The Hall–Kier alpha value is -2.92. The number of methoxy groups -OCH3 is 1. The summed E-state index contributed by atoms with van der Waals surface area (Å²) in [6, 6.07) is 8.89. The average molecular weight is 493 g/mol. The van der Waals surface area contributed by atoms with Crippen LogP contribution in [0.3, 0.4) is 0 Å². The highest BCUT2D eigenvalue weighted by Gasteiger charge is 2.45. The predicted molar refractivity (Wildman–Crippen MR) is 139 cm³/mol. The first-order chi connectivity index (χ1) is 17.1. The van der Waals surface area contributed by atoms with E-state index in [1.807, 2.05) is 18.2 Å². The number of aromatic amines is 1. The van der Waals surface area contributed by atoms with Crippen LogP contribution in [0.25, 0.3) is 11.0 Å². The smallest absolute Gasteiger partial charge is 0.231 e. The van der Waals surface area contributed by atoms with Crippen molar-refractivity contribution < 1.29 is 9.63 Å². The lowest BCUT2D eigenvalue weighted by Gasteiger charge is -2.32. The Labute approximate surface area is 205 Å². The highest BCUT2D eigenvalue weighted by molar-refractivity contribution is 7.77. The third-order valence-corrected chi connectivity index (χ3v) is 10.5. The Balaban J connectivity index is 1.26. The molecule has 10 heteroatoms. The van der Waals surface area contributed by atoms with Gasteiger partial charge in [-0.2, -0.15) is 15.2 Å². The molecule has 1 aromatic carbocycles. The minimum absolute atomic E-state index is 0.416. The number of hydrogen-bond donors (Lipinski definition) is 4. The summed E-state index contributed by atoms with van der Waals surface area (Å²) >= 11 is 0. The molecule has 4 N–H and O–H groups in total. The van der Waals surface area contributed by atoms with Crippen LogP contribution < -0.4 is 20.7 Å². The molecule has 3 fully saturated rings. The van der Waals surface area contributed by atoms with Gasteiger partial charge in [-0.1, -0.05) is 0 Å². The average Bonchev–Trinajstić information content (AvgIpc) is 3.81. The van der Waals surface area contributed by atoms with E-state index in [-0.39, 0.29) is 0 Å². The molecule has 0 radical (unpaired) electrons. The summed E-state index contributed by atoms with van der Waals surface area (Å²) in [6.07, 6.45) is 8.39. The molecule has 1 saturated heterocycles. The molecule has 182 valence electrons. The number of ether oxygens (including phenoxy) is 1. The van der Waals surface area contributed by atoms with Crippen molar-refractivity contribution in [1.29, 1.82) is 5.26 Å². The van der Waals surface area contributed by atoms with Gasteiger partial charge < -0.3 is 20.4 Å². The number of hydrogen-bond acceptors (Lipinski definition) is 8. The molecule has 0 bridgehead atoms. The van der Waals surface area contributed by atoms with Gasteiger partial charge >= 0.3 is 0 Å². The highest BCUT2D eigenvalue weighted by Crippen LogP contribution is 2.56. The first-order valence-corrected chi connectivity index (χ1v) is 14.5. The van der Waals surface area contributed by atoms with Crippen LogP contribution in [0.4, 0.5) is 17.5 Å². The van der Waals surface area contributed by atoms with Crippen LogP contribution in [0.1, 0.15) is 31.2 Å². The van der Waals surface area contributed by atoms with E-state index in [0.717, 1.165) is 49.0 Å². The normalized spacial score (nSPS) is 19.9. The van der Waals surface area contributed by atoms with Crippen LogP contribution in [0.15, 0.2) is 24.4 Å². The standard InChI is InChI=1S/C25H31N7O2P/c1-34-21-12-19(35(33)10-8-32(9-11-35)18-4-5-18)6-7-20(21)29-25-30-23(27-14-16-2-3-16)22-17(13-26)15-28-24(22)31-25/h6-7,12,15-16,18,33H,2-5,8-11,14H2,1H3,(H3,27,28,29,30,31)/q+1. The number of rotatable bonds is 8. The highest BCUT2D eigenvalue weighted by atomic mass is 31.2. The van der Waals surface area contributed by atoms with Gasteiger partial charge in [0.05, 0.1) is 23.7 Å². The van der Waals surface area contributed by atoms with Gasteiger partial charge in [-0.3, -0.25) is 4.90 Å². The monoisotopic (exact) mass is 492 g/mol. The fourth-order valence-electron chi connectivity index (χ4n) is 4.90. The summed E-state index contributed by atoms with van der Waals surface area (Å²) < 4.78 is 5.70. The number of anilines is 3. The lowest BCUT2D eigenvalue weighted by atomic mass is 10.2. The van der Waals surface area contributed by atoms with Crippen molar-refractivity contribution in [3.8, 4) is 11.8 Å². The van der Waals surface area contributed by atoms with Gasteiger partial charge in [0, 0.05) is 37.9 Å². The van der Waals surface area contributed by atoms with Gasteiger partial charge in [0.15, 0.2) is 7.49 Å². The maximum absolute atomic E-state index is 11.5. The number of aromatic nitrogens is 3. The third-order valence-electron chi connectivity index (χ3n) is 7.40. The second kappa shape index (κ2) is 8.94. The Kier molecular flexibility index (Phi) is 5.76. The predicted octanol–water partition coefficient (Wildman–Crippen LogP) is 3.43. The molecule has 3 aliphatic rings. The van der Waals surface area contributed by atoms with E-state index in [2.05, 4.69) is 31.6 Å². The van der Waals surface area contributed by atoms with Crippen molar-refractivity contribution in [3.63, 3.8) is 0 Å². The van der Waals surface area contributed by atoms with E-state index < -0.39 is 7.49 Å². The van der Waals surface area contributed by atoms with Crippen molar-refractivity contribution in [1.82, 2.24) is 19.9 Å². The van der Waals surface area contributed by atoms with Crippen molar-refractivity contribution in [2.24, 2.45) is 5.92 Å². The van der Waals surface area contributed by atoms with E-state index in [9.17, 15) is 10.2 Å². The summed E-state index contributed by atoms with van der Waals surface area (Å²) in [5, 5.41) is 17.9. The Morgan fingerprint density at radius 3 is 2.71 bits per heavy atom. The van der Waals surface area contributed by atoms with Gasteiger partial charge in [-0.15, -0.1) is 0 Å². The molecule has 3 heterocycles. The molecule has 6 rings (SSSR count). The van der Waals surface area contributed by atoms with Gasteiger partial charge in [0.25, 0.3) is 0 Å². The minimum Gasteiger partial charge on any atom is -0.494 e. The molecule has 0 atom stereocenters. The quantitative estimate of drug-likeness (QED) is 0.353. The maximum atomic E-state index is 11.5. The van der Waals surface area contributed by atoms with E-state index in [1.54, 1.807) is 13.3 Å². The van der Waals surface area contributed by atoms with E-state index in [0.29, 0.717) is 40.0 Å². The van der Waals surface area contributed by atoms with Crippen LogP contribution >= 0.6 is 7.49 Å². The van der Waals surface area contributed by atoms with Gasteiger partial charge in [0.1, 0.15) is 40.9 Å². The summed E-state index contributed by atoms with van der Waals surface area (Å²) in [5.74, 6) is 2.39. The number of nitrogens with one attached hydrogen (secondary N) is 3. The molecule has 2 aromatic heterocycles. The minimum atomic E-state index is -2.19. The van der Waals surface area contributed by atoms with Crippen LogP contribution in [0.2, 0.25) is 0 Å². The summed E-state index contributed by atoms with van der Waals surface area (Å²) in [4.78, 5) is 26.4. The Morgan fingerprint density at radius 2 is 2.03 bits per heavy atom. The molecule has 0 unspecified atom stereocenters. The number of fused-ring (bicyclic) bond motifs is 1. The van der Waals surface area contributed by atoms with Crippen LogP contribution in [-0.2, 0) is 0 Å². The second-order valence-electron chi connectivity index (χ2n) is 9.90. The van der Waals surface area contributed by atoms with Gasteiger partial charge in [-0.25, -0.2) is 4.89 Å². The molecule has 35 heavy (non-hydrogen) atoms. The molecule has 0 spiro atoms. The van der Waals surface area contributed by atoms with Crippen LogP contribution in [0, 0.1) is 17.2 Å². The van der Waals surface area contributed by atoms with Gasteiger partial charge in [0.2, 0.25) is 5.95 Å². The topological polar surface area (TPSA) is 122 Å². The Bertz CT molecular complexity index is 1290. The van der Waals surface area contributed by atoms with Crippen molar-refractivity contribution in [2.75, 3.05) is 49.7 Å². The van der Waals surface area contributed by atoms with E-state index >= 15 is 0 Å². The van der Waals surface area contributed by atoms with E-state index in [1.165, 1.54) is 25.7 Å². The van der Waals surface area contributed by atoms with Gasteiger partial charge in [-0.05, 0) is 43.7 Å². The van der Waals surface area contributed by atoms with Crippen LogP contribution in [0.5, 0.6) is 5.75 Å². The number of H-pyrrole nitrogens is 1. The number of nitrogens with zero attached hydrogens (tertiary/aromatic N) is 4. The van der Waals surface area contributed by atoms with Crippen LogP contribution in [-0.4, -0.2) is 69.9 Å². The first kappa shape index (κ1) is 22.5. The third kappa shape index (κ3) is 4.54. The molecule has 2 aliphatic carbocycles. The SMILES string of the molecule is COc1cc([P+]2(O)CCN(C3CC3)CC2)ccc1Nc1nc(NCC2CC2)c2c(C#N)c[nH]c2n1. The summed E-state index contributed by atoms with van der Waals surface area (Å²) in [5.41, 5.74) is 1.87. The zero-order chi connectivity index (χ0) is 24.0. The summed E-state index contributed by atoms with van der Waals surface area (Å²) in [6.45, 7) is 2.78. The second-order valence-corrected chi connectivity index (χ2v) is 13.2. The Morgan fingerprint density at radius 1 is 1.23 bits per heavy atom. The molecule has 2 saturated carbocycles. The number of benzene rings is 1. The molecule has 3 aromatic rings.